The summed E-state index contributed by atoms with van der Waals surface area (Å²) in [5, 5.41) is 0. The van der Waals surface area contributed by atoms with Gasteiger partial charge in [-0.25, -0.2) is 0 Å². The van der Waals surface area contributed by atoms with Crippen LogP contribution in [0.4, 0.5) is 0 Å². The van der Waals surface area contributed by atoms with Crippen molar-refractivity contribution < 1.29 is 19.1 Å². The Hall–Kier alpha value is -1.10. The summed E-state index contributed by atoms with van der Waals surface area (Å²) in [4.78, 5) is 22.9. The fraction of sp³-hybridized carbons (Fsp3) is 0.800. The van der Waals surface area contributed by atoms with Gasteiger partial charge in [-0.3, -0.25) is 9.59 Å². The topological polar surface area (TPSA) is 78.6 Å². The zero-order valence-electron chi connectivity index (χ0n) is 9.54. The highest BCUT2D eigenvalue weighted by atomic mass is 16.6. The molecule has 0 fully saturated rings. The van der Waals surface area contributed by atoms with Gasteiger partial charge >= 0.3 is 11.9 Å². The van der Waals surface area contributed by atoms with Gasteiger partial charge in [-0.15, -0.1) is 0 Å². The first-order chi connectivity index (χ1) is 7.02. The minimum atomic E-state index is -1.39. The van der Waals surface area contributed by atoms with Crippen molar-refractivity contribution in [1.29, 1.82) is 0 Å². The molecule has 0 aromatic carbocycles. The van der Waals surface area contributed by atoms with Crippen LogP contribution in [0.1, 0.15) is 26.7 Å². The SMILES string of the molecule is CCCCOC(=O)C(C)(CN)C(=O)OC. The Kier molecular flexibility index (Phi) is 5.93. The number of rotatable bonds is 6. The Morgan fingerprint density at radius 2 is 1.93 bits per heavy atom. The molecule has 0 amide bonds. The Labute approximate surface area is 89.9 Å². The molecule has 88 valence electrons. The van der Waals surface area contributed by atoms with E-state index < -0.39 is 17.4 Å². The van der Waals surface area contributed by atoms with Crippen molar-refractivity contribution in [1.82, 2.24) is 0 Å². The lowest BCUT2D eigenvalue weighted by molar-refractivity contribution is -0.168. The molecule has 1 unspecified atom stereocenters. The molecule has 0 heterocycles. The number of unbranched alkanes of at least 4 members (excludes halogenated alkanes) is 1. The summed E-state index contributed by atoms with van der Waals surface area (Å²) in [6.45, 7) is 3.59. The summed E-state index contributed by atoms with van der Waals surface area (Å²) in [6, 6.07) is 0. The predicted octanol–water partition coefficient (Wildman–Crippen LogP) is 0.468. The van der Waals surface area contributed by atoms with E-state index in [1.165, 1.54) is 14.0 Å². The van der Waals surface area contributed by atoms with Gasteiger partial charge in [0.25, 0.3) is 0 Å². The summed E-state index contributed by atoms with van der Waals surface area (Å²) in [7, 11) is 1.22. The van der Waals surface area contributed by atoms with Crippen molar-refractivity contribution >= 4 is 11.9 Å². The van der Waals surface area contributed by atoms with E-state index in [1.807, 2.05) is 6.92 Å². The van der Waals surface area contributed by atoms with Gasteiger partial charge in [0.15, 0.2) is 5.41 Å². The van der Waals surface area contributed by atoms with Crippen LogP contribution < -0.4 is 5.73 Å². The van der Waals surface area contributed by atoms with E-state index in [0.29, 0.717) is 6.61 Å². The molecule has 5 nitrogen and oxygen atoms in total. The van der Waals surface area contributed by atoms with Crippen LogP contribution in [0.15, 0.2) is 0 Å². The maximum absolute atomic E-state index is 11.6. The molecule has 0 rings (SSSR count). The standard InChI is InChI=1S/C10H19NO4/c1-4-5-6-15-9(13)10(2,7-11)8(12)14-3/h4-7,11H2,1-3H3. The molecule has 0 aliphatic carbocycles. The van der Waals surface area contributed by atoms with Gasteiger partial charge in [-0.05, 0) is 13.3 Å². The first-order valence-electron chi connectivity index (χ1n) is 4.98. The van der Waals surface area contributed by atoms with Gasteiger partial charge < -0.3 is 15.2 Å². The van der Waals surface area contributed by atoms with Crippen molar-refractivity contribution in [3.05, 3.63) is 0 Å². The van der Waals surface area contributed by atoms with Crippen molar-refractivity contribution in [3.8, 4) is 0 Å². The highest BCUT2D eigenvalue weighted by Gasteiger charge is 2.42. The molecule has 5 heteroatoms. The summed E-state index contributed by atoms with van der Waals surface area (Å²) in [5.74, 6) is -1.28. The molecule has 2 N–H and O–H groups in total. The second kappa shape index (κ2) is 6.40. The van der Waals surface area contributed by atoms with Crippen LogP contribution in [0, 0.1) is 5.41 Å². The monoisotopic (exact) mass is 217 g/mol. The summed E-state index contributed by atoms with van der Waals surface area (Å²) in [6.07, 6.45) is 1.69. The van der Waals surface area contributed by atoms with Gasteiger partial charge in [0.1, 0.15) is 0 Å². The normalized spacial score (nSPS) is 14.1. The lowest BCUT2D eigenvalue weighted by atomic mass is 9.91. The Bertz CT molecular complexity index is 229. The van der Waals surface area contributed by atoms with E-state index in [9.17, 15) is 9.59 Å². The molecule has 0 saturated heterocycles. The van der Waals surface area contributed by atoms with Crippen molar-refractivity contribution in [2.24, 2.45) is 11.1 Å². The molecule has 0 bridgehead atoms. The van der Waals surface area contributed by atoms with Gasteiger partial charge in [0.05, 0.1) is 13.7 Å². The van der Waals surface area contributed by atoms with Crippen LogP contribution in [0.5, 0.6) is 0 Å². The fourth-order valence-electron chi connectivity index (χ4n) is 0.944. The predicted molar refractivity (Wildman–Crippen MR) is 55.0 cm³/mol. The zero-order valence-corrected chi connectivity index (χ0v) is 9.54. The maximum atomic E-state index is 11.6. The summed E-state index contributed by atoms with van der Waals surface area (Å²) in [5.41, 5.74) is 4.00. The van der Waals surface area contributed by atoms with Crippen LogP contribution in [0.25, 0.3) is 0 Å². The Balaban J connectivity index is 4.38. The second-order valence-corrected chi connectivity index (χ2v) is 3.52. The highest BCUT2D eigenvalue weighted by Crippen LogP contribution is 2.18. The molecule has 0 spiro atoms. The van der Waals surface area contributed by atoms with Crippen LogP contribution >= 0.6 is 0 Å². The van der Waals surface area contributed by atoms with E-state index in [4.69, 9.17) is 10.5 Å². The number of carbonyl (C=O) groups excluding carboxylic acids is 2. The lowest BCUT2D eigenvalue weighted by Gasteiger charge is -2.22. The van der Waals surface area contributed by atoms with E-state index in [1.54, 1.807) is 0 Å². The van der Waals surface area contributed by atoms with Gasteiger partial charge in [0.2, 0.25) is 0 Å². The average Bonchev–Trinajstić information content (AvgIpc) is 2.26. The molecule has 0 aliphatic rings. The van der Waals surface area contributed by atoms with Gasteiger partial charge in [0, 0.05) is 6.54 Å². The number of methoxy groups -OCH3 is 1. The number of hydrogen-bond donors (Lipinski definition) is 1. The first kappa shape index (κ1) is 13.9. The third-order valence-corrected chi connectivity index (χ3v) is 2.23. The van der Waals surface area contributed by atoms with Crippen molar-refractivity contribution in [2.75, 3.05) is 20.3 Å². The third-order valence-electron chi connectivity index (χ3n) is 2.23. The second-order valence-electron chi connectivity index (χ2n) is 3.52. The molecule has 0 aliphatic heterocycles. The average molecular weight is 217 g/mol. The van der Waals surface area contributed by atoms with Crippen LogP contribution in [0.2, 0.25) is 0 Å². The van der Waals surface area contributed by atoms with Crippen molar-refractivity contribution in [2.45, 2.75) is 26.7 Å². The smallest absolute Gasteiger partial charge is 0.324 e. The number of nitrogens with two attached hydrogens (primary N) is 1. The Morgan fingerprint density at radius 1 is 1.33 bits per heavy atom. The third kappa shape index (κ3) is 3.51. The molecule has 0 aromatic heterocycles. The minimum absolute atomic E-state index is 0.120. The zero-order chi connectivity index (χ0) is 11.9. The molecule has 15 heavy (non-hydrogen) atoms. The fourth-order valence-corrected chi connectivity index (χ4v) is 0.944. The lowest BCUT2D eigenvalue weighted by Crippen LogP contribution is -2.45. The molecular formula is C10H19NO4. The minimum Gasteiger partial charge on any atom is -0.468 e. The molecule has 0 saturated carbocycles. The number of esters is 2. The first-order valence-corrected chi connectivity index (χ1v) is 4.98. The van der Waals surface area contributed by atoms with Crippen molar-refractivity contribution in [3.63, 3.8) is 0 Å². The van der Waals surface area contributed by atoms with Crippen LogP contribution in [-0.4, -0.2) is 32.2 Å². The van der Waals surface area contributed by atoms with Gasteiger partial charge in [-0.2, -0.15) is 0 Å². The van der Waals surface area contributed by atoms with Crippen LogP contribution in [0.3, 0.4) is 0 Å². The van der Waals surface area contributed by atoms with E-state index in [-0.39, 0.29) is 6.54 Å². The van der Waals surface area contributed by atoms with E-state index >= 15 is 0 Å². The maximum Gasteiger partial charge on any atom is 0.324 e. The van der Waals surface area contributed by atoms with Crippen LogP contribution in [-0.2, 0) is 19.1 Å². The largest absolute Gasteiger partial charge is 0.468 e. The summed E-state index contributed by atoms with van der Waals surface area (Å²) < 4.78 is 9.46. The number of hydrogen-bond acceptors (Lipinski definition) is 5. The quantitative estimate of drug-likeness (QED) is 0.397. The number of ether oxygens (including phenoxy) is 2. The van der Waals surface area contributed by atoms with E-state index in [0.717, 1.165) is 12.8 Å². The Morgan fingerprint density at radius 3 is 2.33 bits per heavy atom. The molecule has 0 radical (unpaired) electrons. The number of carbonyl (C=O) groups is 2. The highest BCUT2D eigenvalue weighted by molar-refractivity contribution is 5.99. The molecular weight excluding hydrogens is 198 g/mol. The van der Waals surface area contributed by atoms with Gasteiger partial charge in [-0.1, -0.05) is 13.3 Å². The molecule has 1 atom stereocenters. The molecule has 0 aromatic rings. The van der Waals surface area contributed by atoms with E-state index in [2.05, 4.69) is 4.74 Å². The summed E-state index contributed by atoms with van der Waals surface area (Å²) >= 11 is 0.